The molecule has 0 saturated carbocycles. The van der Waals surface area contributed by atoms with Gasteiger partial charge in [0.1, 0.15) is 24.7 Å². The van der Waals surface area contributed by atoms with Gasteiger partial charge in [0, 0.05) is 18.3 Å². The first-order chi connectivity index (χ1) is 15.0. The first kappa shape index (κ1) is 19.0. The Balaban J connectivity index is 1.42. The van der Waals surface area contributed by atoms with Gasteiger partial charge in [-0.25, -0.2) is 9.97 Å². The quantitative estimate of drug-likeness (QED) is 0.460. The molecule has 0 saturated heterocycles. The minimum Gasteiger partial charge on any atom is -0.486 e. The van der Waals surface area contributed by atoms with E-state index in [1.807, 2.05) is 0 Å². The highest BCUT2D eigenvalue weighted by Crippen LogP contribution is 2.36. The molecule has 0 spiro atoms. The average Bonchev–Trinajstić information content (AvgIpc) is 3.14. The van der Waals surface area contributed by atoms with E-state index < -0.39 is 11.7 Å². The van der Waals surface area contributed by atoms with E-state index in [0.29, 0.717) is 41.9 Å². The minimum absolute atomic E-state index is 0.0168. The number of benzene rings is 2. The Bertz CT molecular complexity index is 1210. The molecule has 1 aliphatic heterocycles. The number of nitrogens with one attached hydrogen (secondary N) is 2. The first-order valence-corrected chi connectivity index (χ1v) is 9.32. The van der Waals surface area contributed by atoms with Gasteiger partial charge in [0.2, 0.25) is 11.8 Å². The standard InChI is InChI=1S/C21H15F3N4O3/c22-21(23,24)12-3-1-4-13(9-12)31-19-14(5-2-6-25-19)26-20-27-15-10-17-18(11-16(15)28-20)30-8-7-29-17/h1-6,9-11H,7-8H2,(H2,26,27,28). The van der Waals surface area contributed by atoms with Crippen LogP contribution in [0.25, 0.3) is 11.0 Å². The Kier molecular flexibility index (Phi) is 4.54. The summed E-state index contributed by atoms with van der Waals surface area (Å²) in [7, 11) is 0. The van der Waals surface area contributed by atoms with E-state index in [9.17, 15) is 13.2 Å². The van der Waals surface area contributed by atoms with Crippen LogP contribution >= 0.6 is 0 Å². The van der Waals surface area contributed by atoms with Gasteiger partial charge in [-0.2, -0.15) is 13.2 Å². The van der Waals surface area contributed by atoms with Crippen molar-refractivity contribution >= 4 is 22.7 Å². The Hall–Kier alpha value is -3.95. The molecule has 1 aliphatic rings. The average molecular weight is 428 g/mol. The van der Waals surface area contributed by atoms with E-state index in [4.69, 9.17) is 14.2 Å². The summed E-state index contributed by atoms with van der Waals surface area (Å²) in [4.78, 5) is 11.7. The first-order valence-electron chi connectivity index (χ1n) is 9.32. The number of pyridine rings is 1. The van der Waals surface area contributed by atoms with Gasteiger partial charge in [-0.1, -0.05) is 6.07 Å². The third-order valence-electron chi connectivity index (χ3n) is 4.55. The molecule has 5 rings (SSSR count). The number of hydrogen-bond donors (Lipinski definition) is 2. The molecular formula is C21H15F3N4O3. The van der Waals surface area contributed by atoms with Gasteiger partial charge < -0.3 is 24.5 Å². The van der Waals surface area contributed by atoms with Crippen molar-refractivity contribution in [2.45, 2.75) is 6.18 Å². The third kappa shape index (κ3) is 3.91. The van der Waals surface area contributed by atoms with Crippen LogP contribution in [0.2, 0.25) is 0 Å². The molecule has 7 nitrogen and oxygen atoms in total. The molecule has 10 heteroatoms. The van der Waals surface area contributed by atoms with Crippen LogP contribution in [0.5, 0.6) is 23.1 Å². The number of fused-ring (bicyclic) bond motifs is 2. The zero-order chi connectivity index (χ0) is 21.4. The summed E-state index contributed by atoms with van der Waals surface area (Å²) in [5.74, 6) is 1.77. The number of imidazole rings is 1. The van der Waals surface area contributed by atoms with E-state index in [2.05, 4.69) is 20.3 Å². The highest BCUT2D eigenvalue weighted by molar-refractivity contribution is 5.82. The van der Waals surface area contributed by atoms with Gasteiger partial charge >= 0.3 is 6.18 Å². The predicted molar refractivity (Wildman–Crippen MR) is 106 cm³/mol. The fourth-order valence-electron chi connectivity index (χ4n) is 3.15. The van der Waals surface area contributed by atoms with Gasteiger partial charge in [-0.05, 0) is 30.3 Å². The van der Waals surface area contributed by atoms with E-state index in [-0.39, 0.29) is 11.6 Å². The smallest absolute Gasteiger partial charge is 0.416 e. The number of hydrogen-bond acceptors (Lipinski definition) is 6. The van der Waals surface area contributed by atoms with Crippen molar-refractivity contribution in [3.8, 4) is 23.1 Å². The number of ether oxygens (including phenoxy) is 3. The van der Waals surface area contributed by atoms with Gasteiger partial charge in [-0.15, -0.1) is 0 Å². The van der Waals surface area contributed by atoms with Crippen LogP contribution in [0.4, 0.5) is 24.8 Å². The predicted octanol–water partition coefficient (Wildman–Crippen LogP) is 5.28. The summed E-state index contributed by atoms with van der Waals surface area (Å²) in [6.45, 7) is 0.948. The molecule has 0 bridgehead atoms. The molecule has 2 aromatic carbocycles. The molecule has 3 heterocycles. The number of aromatic nitrogens is 3. The van der Waals surface area contributed by atoms with Gasteiger partial charge in [0.15, 0.2) is 11.5 Å². The van der Waals surface area contributed by atoms with Crippen LogP contribution in [0.1, 0.15) is 5.56 Å². The van der Waals surface area contributed by atoms with Crippen LogP contribution in [0, 0.1) is 0 Å². The van der Waals surface area contributed by atoms with Crippen LogP contribution in [0.3, 0.4) is 0 Å². The Morgan fingerprint density at radius 1 is 1.00 bits per heavy atom. The fourth-order valence-corrected chi connectivity index (χ4v) is 3.15. The van der Waals surface area contributed by atoms with E-state index in [1.54, 1.807) is 24.3 Å². The minimum atomic E-state index is -4.47. The molecule has 0 aliphatic carbocycles. The lowest BCUT2D eigenvalue weighted by Gasteiger charge is -2.17. The molecule has 2 aromatic heterocycles. The number of anilines is 2. The zero-order valence-electron chi connectivity index (χ0n) is 15.9. The normalized spacial score (nSPS) is 13.3. The van der Waals surface area contributed by atoms with Crippen molar-refractivity contribution in [1.82, 2.24) is 15.0 Å². The second-order valence-electron chi connectivity index (χ2n) is 6.71. The Morgan fingerprint density at radius 3 is 2.61 bits per heavy atom. The maximum absolute atomic E-state index is 13.0. The van der Waals surface area contributed by atoms with Crippen molar-refractivity contribution in [1.29, 1.82) is 0 Å². The molecule has 4 aromatic rings. The molecular weight excluding hydrogens is 413 g/mol. The van der Waals surface area contributed by atoms with Gasteiger partial charge in [0.25, 0.3) is 0 Å². The summed E-state index contributed by atoms with van der Waals surface area (Å²) in [6, 6.07) is 11.5. The van der Waals surface area contributed by atoms with Gasteiger partial charge in [0.05, 0.1) is 16.6 Å². The van der Waals surface area contributed by atoms with Crippen LogP contribution < -0.4 is 19.5 Å². The number of aromatic amines is 1. The lowest BCUT2D eigenvalue weighted by atomic mass is 10.2. The van der Waals surface area contributed by atoms with Gasteiger partial charge in [-0.3, -0.25) is 0 Å². The Labute approximate surface area is 173 Å². The van der Waals surface area contributed by atoms with Crippen molar-refractivity contribution in [2.75, 3.05) is 18.5 Å². The highest BCUT2D eigenvalue weighted by Gasteiger charge is 2.30. The van der Waals surface area contributed by atoms with E-state index in [0.717, 1.165) is 17.6 Å². The molecule has 0 radical (unpaired) electrons. The SMILES string of the molecule is FC(F)(F)c1cccc(Oc2ncccc2Nc2nc3cc4c(cc3[nH]2)OCCO4)c1. The molecule has 0 amide bonds. The monoisotopic (exact) mass is 428 g/mol. The number of nitrogens with zero attached hydrogens (tertiary/aromatic N) is 2. The summed E-state index contributed by atoms with van der Waals surface area (Å²) >= 11 is 0. The summed E-state index contributed by atoms with van der Waals surface area (Å²) in [5, 5.41) is 3.06. The van der Waals surface area contributed by atoms with Crippen LogP contribution in [0.15, 0.2) is 54.7 Å². The molecule has 31 heavy (non-hydrogen) atoms. The second-order valence-corrected chi connectivity index (χ2v) is 6.71. The summed E-state index contributed by atoms with van der Waals surface area (Å²) in [5.41, 5.74) is 1.02. The highest BCUT2D eigenvalue weighted by atomic mass is 19.4. The summed E-state index contributed by atoms with van der Waals surface area (Å²) in [6.07, 6.45) is -2.99. The summed E-state index contributed by atoms with van der Waals surface area (Å²) < 4.78 is 55.7. The van der Waals surface area contributed by atoms with E-state index >= 15 is 0 Å². The number of halogens is 3. The maximum atomic E-state index is 13.0. The van der Waals surface area contributed by atoms with Crippen molar-refractivity contribution in [3.05, 3.63) is 60.3 Å². The third-order valence-corrected chi connectivity index (χ3v) is 4.55. The Morgan fingerprint density at radius 2 is 1.81 bits per heavy atom. The maximum Gasteiger partial charge on any atom is 0.416 e. The molecule has 2 N–H and O–H groups in total. The molecule has 0 unspecified atom stereocenters. The molecule has 0 atom stereocenters. The number of H-pyrrole nitrogens is 1. The topological polar surface area (TPSA) is 81.3 Å². The van der Waals surface area contributed by atoms with E-state index in [1.165, 1.54) is 18.3 Å². The van der Waals surface area contributed by atoms with Crippen molar-refractivity contribution in [2.24, 2.45) is 0 Å². The van der Waals surface area contributed by atoms with Crippen LogP contribution in [-0.2, 0) is 6.18 Å². The number of rotatable bonds is 4. The van der Waals surface area contributed by atoms with Crippen LogP contribution in [-0.4, -0.2) is 28.2 Å². The van der Waals surface area contributed by atoms with Crippen molar-refractivity contribution < 1.29 is 27.4 Å². The second kappa shape index (κ2) is 7.38. The number of alkyl halides is 3. The molecule has 0 fully saturated rings. The van der Waals surface area contributed by atoms with Crippen molar-refractivity contribution in [3.63, 3.8) is 0 Å². The largest absolute Gasteiger partial charge is 0.486 e. The fraction of sp³-hybridized carbons (Fsp3) is 0.143. The zero-order valence-corrected chi connectivity index (χ0v) is 15.9. The lowest BCUT2D eigenvalue weighted by Crippen LogP contribution is -2.15. The lowest BCUT2D eigenvalue weighted by molar-refractivity contribution is -0.137. The molecule has 158 valence electrons.